The van der Waals surface area contributed by atoms with E-state index in [1.54, 1.807) is 12.1 Å². The Bertz CT molecular complexity index is 298. The number of thioether (sulfide) groups is 1. The van der Waals surface area contributed by atoms with Gasteiger partial charge in [-0.2, -0.15) is 8.78 Å². The SMILES string of the molecule is CC(C)CNCc1ccc(SC(F)F)cc1. The first-order chi connectivity index (χ1) is 7.58. The highest BCUT2D eigenvalue weighted by Crippen LogP contribution is 2.24. The Hall–Kier alpha value is -0.610. The van der Waals surface area contributed by atoms with Crippen LogP contribution in [0.4, 0.5) is 8.78 Å². The quantitative estimate of drug-likeness (QED) is 0.766. The molecular weight excluding hydrogens is 228 g/mol. The molecule has 1 aromatic carbocycles. The van der Waals surface area contributed by atoms with E-state index in [-0.39, 0.29) is 0 Å². The van der Waals surface area contributed by atoms with Crippen molar-refractivity contribution >= 4 is 11.8 Å². The minimum Gasteiger partial charge on any atom is -0.312 e. The van der Waals surface area contributed by atoms with Crippen LogP contribution in [0, 0.1) is 5.92 Å². The van der Waals surface area contributed by atoms with Crippen LogP contribution in [0.5, 0.6) is 0 Å². The van der Waals surface area contributed by atoms with Gasteiger partial charge in [-0.25, -0.2) is 0 Å². The van der Waals surface area contributed by atoms with Gasteiger partial charge in [-0.3, -0.25) is 0 Å². The lowest BCUT2D eigenvalue weighted by Crippen LogP contribution is -2.18. The zero-order valence-corrected chi connectivity index (χ0v) is 10.4. The van der Waals surface area contributed by atoms with Gasteiger partial charge in [-0.05, 0) is 30.2 Å². The zero-order valence-electron chi connectivity index (χ0n) is 9.54. The van der Waals surface area contributed by atoms with E-state index < -0.39 is 5.76 Å². The van der Waals surface area contributed by atoms with Gasteiger partial charge in [0.2, 0.25) is 0 Å². The van der Waals surface area contributed by atoms with E-state index in [2.05, 4.69) is 19.2 Å². The van der Waals surface area contributed by atoms with Crippen LogP contribution in [-0.2, 0) is 6.54 Å². The summed E-state index contributed by atoms with van der Waals surface area (Å²) < 4.78 is 24.1. The zero-order chi connectivity index (χ0) is 12.0. The molecule has 0 aliphatic carbocycles. The molecule has 0 saturated heterocycles. The van der Waals surface area contributed by atoms with Gasteiger partial charge in [0.25, 0.3) is 5.76 Å². The standard InChI is InChI=1S/C12H17F2NS/c1-9(2)7-15-8-10-3-5-11(6-4-10)16-12(13)14/h3-6,9,12,15H,7-8H2,1-2H3. The summed E-state index contributed by atoms with van der Waals surface area (Å²) in [6.45, 7) is 6.05. The lowest BCUT2D eigenvalue weighted by molar-refractivity contribution is 0.252. The summed E-state index contributed by atoms with van der Waals surface area (Å²) in [5, 5.41) is 3.31. The molecule has 16 heavy (non-hydrogen) atoms. The number of alkyl halides is 2. The normalized spacial score (nSPS) is 11.4. The molecule has 1 nitrogen and oxygen atoms in total. The first kappa shape index (κ1) is 13.5. The third-order valence-electron chi connectivity index (χ3n) is 2.03. The molecule has 0 amide bonds. The van der Waals surface area contributed by atoms with E-state index in [1.165, 1.54) is 0 Å². The van der Waals surface area contributed by atoms with Crippen LogP contribution in [-0.4, -0.2) is 12.3 Å². The first-order valence-electron chi connectivity index (χ1n) is 5.32. The molecule has 0 bridgehead atoms. The van der Waals surface area contributed by atoms with Crippen LogP contribution >= 0.6 is 11.8 Å². The third-order valence-corrected chi connectivity index (χ3v) is 2.75. The van der Waals surface area contributed by atoms with E-state index in [9.17, 15) is 8.78 Å². The van der Waals surface area contributed by atoms with Gasteiger partial charge in [0, 0.05) is 11.4 Å². The second kappa shape index (κ2) is 6.86. The molecule has 0 radical (unpaired) electrons. The van der Waals surface area contributed by atoms with Crippen molar-refractivity contribution in [3.05, 3.63) is 29.8 Å². The minimum atomic E-state index is -2.34. The topological polar surface area (TPSA) is 12.0 Å². The molecule has 0 unspecified atom stereocenters. The second-order valence-corrected chi connectivity index (χ2v) is 5.11. The molecule has 0 aliphatic rings. The van der Waals surface area contributed by atoms with E-state index in [4.69, 9.17) is 0 Å². The maximum atomic E-state index is 12.1. The maximum absolute atomic E-state index is 12.1. The highest BCUT2D eigenvalue weighted by molar-refractivity contribution is 7.99. The maximum Gasteiger partial charge on any atom is 0.288 e. The second-order valence-electron chi connectivity index (χ2n) is 4.05. The Morgan fingerprint density at radius 1 is 1.19 bits per heavy atom. The molecule has 1 rings (SSSR count). The van der Waals surface area contributed by atoms with Crippen LogP contribution < -0.4 is 5.32 Å². The molecule has 0 fully saturated rings. The fourth-order valence-corrected chi connectivity index (χ4v) is 1.79. The summed E-state index contributed by atoms with van der Waals surface area (Å²) in [5.74, 6) is -1.72. The number of hydrogen-bond donors (Lipinski definition) is 1. The average Bonchev–Trinajstić information content (AvgIpc) is 2.19. The summed E-state index contributed by atoms with van der Waals surface area (Å²) in [4.78, 5) is 0.614. The van der Waals surface area contributed by atoms with Crippen LogP contribution in [0.25, 0.3) is 0 Å². The highest BCUT2D eigenvalue weighted by Gasteiger charge is 2.04. The Morgan fingerprint density at radius 3 is 2.31 bits per heavy atom. The molecule has 0 aromatic heterocycles. The van der Waals surface area contributed by atoms with E-state index in [1.807, 2.05) is 12.1 Å². The minimum absolute atomic E-state index is 0.582. The van der Waals surface area contributed by atoms with Crippen molar-refractivity contribution in [2.24, 2.45) is 5.92 Å². The Kier molecular flexibility index (Phi) is 5.77. The molecule has 4 heteroatoms. The number of benzene rings is 1. The fraction of sp³-hybridized carbons (Fsp3) is 0.500. The van der Waals surface area contributed by atoms with Crippen LogP contribution in [0.1, 0.15) is 19.4 Å². The summed E-state index contributed by atoms with van der Waals surface area (Å²) in [7, 11) is 0. The average molecular weight is 245 g/mol. The Morgan fingerprint density at radius 2 is 1.81 bits per heavy atom. The van der Waals surface area contributed by atoms with Crippen LogP contribution in [0.2, 0.25) is 0 Å². The van der Waals surface area contributed by atoms with Gasteiger partial charge < -0.3 is 5.32 Å². The van der Waals surface area contributed by atoms with Gasteiger partial charge in [0.1, 0.15) is 0 Å². The molecule has 0 atom stereocenters. The van der Waals surface area contributed by atoms with Crippen molar-refractivity contribution in [3.63, 3.8) is 0 Å². The molecule has 0 aliphatic heterocycles. The number of hydrogen-bond acceptors (Lipinski definition) is 2. The van der Waals surface area contributed by atoms with E-state index in [0.717, 1.165) is 18.7 Å². The summed E-state index contributed by atoms with van der Waals surface area (Å²) >= 11 is 0.582. The van der Waals surface area contributed by atoms with Gasteiger partial charge in [-0.1, -0.05) is 37.7 Å². The summed E-state index contributed by atoms with van der Waals surface area (Å²) in [6, 6.07) is 7.25. The van der Waals surface area contributed by atoms with E-state index >= 15 is 0 Å². The van der Waals surface area contributed by atoms with Crippen molar-refractivity contribution in [1.29, 1.82) is 0 Å². The number of nitrogens with one attached hydrogen (secondary N) is 1. The largest absolute Gasteiger partial charge is 0.312 e. The Labute approximate surface area is 99.6 Å². The molecule has 1 aromatic rings. The van der Waals surface area contributed by atoms with Gasteiger partial charge in [0.15, 0.2) is 0 Å². The van der Waals surface area contributed by atoms with Crippen molar-refractivity contribution in [2.45, 2.75) is 31.0 Å². The lowest BCUT2D eigenvalue weighted by Gasteiger charge is -2.08. The van der Waals surface area contributed by atoms with Crippen molar-refractivity contribution < 1.29 is 8.78 Å². The lowest BCUT2D eigenvalue weighted by atomic mass is 10.2. The van der Waals surface area contributed by atoms with Gasteiger partial charge in [0.05, 0.1) is 0 Å². The Balaban J connectivity index is 2.39. The molecule has 1 N–H and O–H groups in total. The highest BCUT2D eigenvalue weighted by atomic mass is 32.2. The molecule has 90 valence electrons. The predicted octanol–water partition coefficient (Wildman–Crippen LogP) is 3.75. The van der Waals surface area contributed by atoms with Crippen LogP contribution in [0.15, 0.2) is 29.2 Å². The smallest absolute Gasteiger partial charge is 0.288 e. The molecule has 0 spiro atoms. The van der Waals surface area contributed by atoms with Crippen molar-refractivity contribution in [3.8, 4) is 0 Å². The number of rotatable bonds is 6. The monoisotopic (exact) mass is 245 g/mol. The van der Waals surface area contributed by atoms with Crippen LogP contribution in [0.3, 0.4) is 0 Å². The molecule has 0 saturated carbocycles. The molecule has 0 heterocycles. The van der Waals surface area contributed by atoms with E-state index in [0.29, 0.717) is 22.6 Å². The van der Waals surface area contributed by atoms with Gasteiger partial charge in [-0.15, -0.1) is 0 Å². The number of halogens is 2. The van der Waals surface area contributed by atoms with Gasteiger partial charge >= 0.3 is 0 Å². The van der Waals surface area contributed by atoms with Crippen molar-refractivity contribution in [2.75, 3.05) is 6.54 Å². The summed E-state index contributed by atoms with van der Waals surface area (Å²) in [5.41, 5.74) is 1.12. The van der Waals surface area contributed by atoms with Crippen molar-refractivity contribution in [1.82, 2.24) is 5.32 Å². The summed E-state index contributed by atoms with van der Waals surface area (Å²) in [6.07, 6.45) is 0. The molecular formula is C12H17F2NS. The third kappa shape index (κ3) is 5.47. The first-order valence-corrected chi connectivity index (χ1v) is 6.20. The fourth-order valence-electron chi connectivity index (χ4n) is 1.29. The predicted molar refractivity (Wildman–Crippen MR) is 64.8 cm³/mol.